The van der Waals surface area contributed by atoms with Gasteiger partial charge >= 0.3 is 11.9 Å². The zero-order valence-corrected chi connectivity index (χ0v) is 27.0. The second kappa shape index (κ2) is 12.8. The SMILES string of the molecule is CC(C)(C)[Si](C)(C)OC1C(COC(=O)c2ccccc2)OC(O)[C@@H](C2C(=O)c3ccccc3C2=O)[C@H]1OC(=O)c1ccccc1. The number of ether oxygens (including phenoxy) is 3. The lowest BCUT2D eigenvalue weighted by atomic mass is 9.78. The number of hydrogen-bond acceptors (Lipinski definition) is 9. The van der Waals surface area contributed by atoms with E-state index < -0.39 is 68.3 Å². The third kappa shape index (κ3) is 6.55. The Kier molecular flexibility index (Phi) is 9.23. The van der Waals surface area contributed by atoms with Crippen LogP contribution in [0.1, 0.15) is 62.2 Å². The van der Waals surface area contributed by atoms with Crippen LogP contribution >= 0.6 is 0 Å². The maximum absolute atomic E-state index is 13.7. The monoisotopic (exact) mass is 630 g/mol. The molecule has 5 atom stereocenters. The molecule has 9 nitrogen and oxygen atoms in total. The summed E-state index contributed by atoms with van der Waals surface area (Å²) in [5.41, 5.74) is 1.02. The van der Waals surface area contributed by atoms with E-state index >= 15 is 0 Å². The summed E-state index contributed by atoms with van der Waals surface area (Å²) < 4.78 is 24.7. The summed E-state index contributed by atoms with van der Waals surface area (Å²) in [6.07, 6.45) is -5.24. The van der Waals surface area contributed by atoms with Crippen LogP contribution in [-0.4, -0.2) is 68.1 Å². The summed E-state index contributed by atoms with van der Waals surface area (Å²) in [6.45, 7) is 9.75. The van der Waals surface area contributed by atoms with Crippen LogP contribution in [-0.2, 0) is 18.6 Å². The first kappa shape index (κ1) is 32.4. The standard InChI is InChI=1S/C35H38O9Si/c1-35(2,3)45(4,5)44-30-25(20-41-32(38)21-14-8-6-9-15-21)42-34(40)27(31(30)43-33(39)22-16-10-7-11-17-22)26-28(36)23-18-12-13-19-24(23)29(26)37/h6-19,25-27,30-31,34,40H,20H2,1-5H3/t25?,27-,30?,31+,34?/m0/s1. The summed E-state index contributed by atoms with van der Waals surface area (Å²) in [5.74, 6) is -5.02. The molecule has 10 heteroatoms. The number of Topliss-reactive ketones (excluding diaryl/α,β-unsaturated/α-hetero) is 2. The van der Waals surface area contributed by atoms with Crippen molar-refractivity contribution in [3.05, 3.63) is 107 Å². The lowest BCUT2D eigenvalue weighted by Gasteiger charge is -2.49. The number of fused-ring (bicyclic) bond motifs is 1. The topological polar surface area (TPSA) is 125 Å². The molecule has 45 heavy (non-hydrogen) atoms. The number of benzene rings is 3. The van der Waals surface area contributed by atoms with E-state index in [-0.39, 0.29) is 28.3 Å². The van der Waals surface area contributed by atoms with E-state index in [2.05, 4.69) is 0 Å². The average molecular weight is 631 g/mol. The third-order valence-electron chi connectivity index (χ3n) is 9.00. The molecule has 0 radical (unpaired) electrons. The summed E-state index contributed by atoms with van der Waals surface area (Å²) in [6, 6.07) is 23.1. The minimum absolute atomic E-state index is 0.230. The average Bonchev–Trinajstić information content (AvgIpc) is 3.26. The molecule has 3 aromatic rings. The molecule has 1 N–H and O–H groups in total. The van der Waals surface area contributed by atoms with Crippen LogP contribution in [0.4, 0.5) is 0 Å². The van der Waals surface area contributed by atoms with Crippen molar-refractivity contribution in [1.29, 1.82) is 0 Å². The molecule has 1 aliphatic carbocycles. The second-order valence-electron chi connectivity index (χ2n) is 12.9. The Morgan fingerprint density at radius 3 is 1.78 bits per heavy atom. The quantitative estimate of drug-likeness (QED) is 0.195. The van der Waals surface area contributed by atoms with E-state index in [0.29, 0.717) is 5.56 Å². The largest absolute Gasteiger partial charge is 0.459 e. The molecule has 5 rings (SSSR count). The predicted octanol–water partition coefficient (Wildman–Crippen LogP) is 5.49. The van der Waals surface area contributed by atoms with Crippen LogP contribution in [0.25, 0.3) is 0 Å². The summed E-state index contributed by atoms with van der Waals surface area (Å²) >= 11 is 0. The Balaban J connectivity index is 1.56. The molecule has 1 saturated heterocycles. The molecule has 2 aliphatic rings. The van der Waals surface area contributed by atoms with Gasteiger partial charge < -0.3 is 23.7 Å². The predicted molar refractivity (Wildman–Crippen MR) is 167 cm³/mol. The van der Waals surface area contributed by atoms with Gasteiger partial charge in [-0.1, -0.05) is 81.4 Å². The normalized spacial score (nSPS) is 23.8. The molecule has 0 amide bonds. The van der Waals surface area contributed by atoms with Crippen molar-refractivity contribution in [3.63, 3.8) is 0 Å². The Hall–Kier alpha value is -3.96. The van der Waals surface area contributed by atoms with Gasteiger partial charge in [-0.05, 0) is 42.4 Å². The van der Waals surface area contributed by atoms with Gasteiger partial charge in [0.15, 0.2) is 26.2 Å². The molecule has 3 unspecified atom stereocenters. The highest BCUT2D eigenvalue weighted by Gasteiger charge is 2.58. The van der Waals surface area contributed by atoms with E-state index in [1.54, 1.807) is 84.9 Å². The van der Waals surface area contributed by atoms with Crippen LogP contribution < -0.4 is 0 Å². The van der Waals surface area contributed by atoms with Crippen LogP contribution in [0.5, 0.6) is 0 Å². The van der Waals surface area contributed by atoms with Gasteiger partial charge in [0, 0.05) is 11.1 Å². The van der Waals surface area contributed by atoms with Crippen LogP contribution in [0.15, 0.2) is 84.9 Å². The number of aliphatic hydroxyl groups excluding tert-OH is 1. The Morgan fingerprint density at radius 1 is 0.778 bits per heavy atom. The highest BCUT2D eigenvalue weighted by Crippen LogP contribution is 2.44. The van der Waals surface area contributed by atoms with E-state index in [0.717, 1.165) is 0 Å². The second-order valence-corrected chi connectivity index (χ2v) is 17.7. The van der Waals surface area contributed by atoms with Crippen molar-refractivity contribution < 1.29 is 42.9 Å². The fourth-order valence-corrected chi connectivity index (χ4v) is 6.85. The first-order chi connectivity index (χ1) is 21.3. The van der Waals surface area contributed by atoms with Gasteiger partial charge in [-0.15, -0.1) is 0 Å². The zero-order valence-electron chi connectivity index (χ0n) is 26.0. The smallest absolute Gasteiger partial charge is 0.338 e. The highest BCUT2D eigenvalue weighted by molar-refractivity contribution is 6.74. The van der Waals surface area contributed by atoms with E-state index in [4.69, 9.17) is 18.6 Å². The summed E-state index contributed by atoms with van der Waals surface area (Å²) in [4.78, 5) is 53.9. The highest BCUT2D eigenvalue weighted by atomic mass is 28.4. The van der Waals surface area contributed by atoms with E-state index in [9.17, 15) is 24.3 Å². The number of esters is 2. The Bertz CT molecular complexity index is 1530. The molecule has 1 heterocycles. The molecule has 0 bridgehead atoms. The molecule has 1 fully saturated rings. The van der Waals surface area contributed by atoms with Gasteiger partial charge in [-0.25, -0.2) is 9.59 Å². The van der Waals surface area contributed by atoms with Gasteiger partial charge in [0.2, 0.25) is 0 Å². The number of ketones is 2. The number of hydrogen-bond donors (Lipinski definition) is 1. The van der Waals surface area contributed by atoms with E-state index in [1.807, 2.05) is 33.9 Å². The van der Waals surface area contributed by atoms with Crippen LogP contribution in [0.3, 0.4) is 0 Å². The molecule has 0 spiro atoms. The fraction of sp³-hybridized carbons (Fsp3) is 0.371. The molecule has 236 valence electrons. The van der Waals surface area contributed by atoms with Crippen molar-refractivity contribution in [1.82, 2.24) is 0 Å². The van der Waals surface area contributed by atoms with Gasteiger partial charge in [-0.3, -0.25) is 9.59 Å². The lowest BCUT2D eigenvalue weighted by Crippen LogP contribution is -2.64. The lowest BCUT2D eigenvalue weighted by molar-refractivity contribution is -0.269. The van der Waals surface area contributed by atoms with Gasteiger partial charge in [-0.2, -0.15) is 0 Å². The van der Waals surface area contributed by atoms with Crippen molar-refractivity contribution in [2.45, 2.75) is 63.5 Å². The molecule has 3 aromatic carbocycles. The third-order valence-corrected chi connectivity index (χ3v) is 13.5. The minimum Gasteiger partial charge on any atom is -0.459 e. The molecule has 1 aliphatic heterocycles. The number of aliphatic hydroxyl groups is 1. The molecular formula is C35H38O9Si. The molecular weight excluding hydrogens is 592 g/mol. The Labute approximate surface area is 263 Å². The van der Waals surface area contributed by atoms with Crippen molar-refractivity contribution in [2.24, 2.45) is 11.8 Å². The summed E-state index contributed by atoms with van der Waals surface area (Å²) in [7, 11) is -2.68. The first-order valence-corrected chi connectivity index (χ1v) is 17.9. The van der Waals surface area contributed by atoms with Crippen molar-refractivity contribution in [2.75, 3.05) is 6.61 Å². The van der Waals surface area contributed by atoms with E-state index in [1.165, 1.54) is 0 Å². The van der Waals surface area contributed by atoms with Gasteiger partial charge in [0.1, 0.15) is 24.9 Å². The first-order valence-electron chi connectivity index (χ1n) is 15.0. The van der Waals surface area contributed by atoms with Crippen LogP contribution in [0, 0.1) is 11.8 Å². The fourth-order valence-electron chi connectivity index (χ4n) is 5.53. The Morgan fingerprint density at radius 2 is 1.27 bits per heavy atom. The summed E-state index contributed by atoms with van der Waals surface area (Å²) in [5, 5.41) is 11.2. The minimum atomic E-state index is -2.68. The zero-order chi connectivity index (χ0) is 32.5. The number of carbonyl (C=O) groups excluding carboxylic acids is 4. The number of rotatable bonds is 8. The van der Waals surface area contributed by atoms with Crippen molar-refractivity contribution in [3.8, 4) is 0 Å². The molecule has 0 aromatic heterocycles. The number of carbonyl (C=O) groups is 4. The van der Waals surface area contributed by atoms with Crippen molar-refractivity contribution >= 4 is 31.8 Å². The van der Waals surface area contributed by atoms with Crippen LogP contribution in [0.2, 0.25) is 18.1 Å². The van der Waals surface area contributed by atoms with Gasteiger partial charge in [0.25, 0.3) is 0 Å². The maximum Gasteiger partial charge on any atom is 0.338 e. The maximum atomic E-state index is 13.7. The van der Waals surface area contributed by atoms with Gasteiger partial charge in [0.05, 0.1) is 23.0 Å². The molecule has 0 saturated carbocycles.